The van der Waals surface area contributed by atoms with E-state index in [0.717, 1.165) is 29.0 Å². The highest BCUT2D eigenvalue weighted by atomic mass is 16.5. The smallest absolute Gasteiger partial charge is 0.134 e. The molecule has 0 saturated carbocycles. The quantitative estimate of drug-likeness (QED) is 0.778. The molecule has 0 aliphatic carbocycles. The molecule has 0 spiro atoms. The molecular weight excluding hydrogens is 190 g/mol. The molecule has 3 heteroatoms. The van der Waals surface area contributed by atoms with Gasteiger partial charge in [0, 0.05) is 11.9 Å². The number of ether oxygens (including phenoxy) is 1. The fourth-order valence-electron chi connectivity index (χ4n) is 1.51. The number of nitrogens with one attached hydrogen (secondary N) is 1. The van der Waals surface area contributed by atoms with Crippen LogP contribution in [0.15, 0.2) is 28.7 Å². The summed E-state index contributed by atoms with van der Waals surface area (Å²) in [6.07, 6.45) is 0. The number of rotatable bonds is 4. The van der Waals surface area contributed by atoms with E-state index in [2.05, 4.69) is 5.32 Å². The lowest BCUT2D eigenvalue weighted by molar-refractivity contribution is 0.319. The Morgan fingerprint density at radius 3 is 3.00 bits per heavy atom. The second kappa shape index (κ2) is 4.36. The minimum atomic E-state index is 0.679. The second-order valence-electron chi connectivity index (χ2n) is 3.51. The minimum absolute atomic E-state index is 0.679. The Morgan fingerprint density at radius 2 is 2.20 bits per heavy atom. The van der Waals surface area contributed by atoms with E-state index in [9.17, 15) is 0 Å². The van der Waals surface area contributed by atoms with E-state index in [4.69, 9.17) is 9.15 Å². The number of benzene rings is 1. The maximum atomic E-state index is 5.56. The van der Waals surface area contributed by atoms with Crippen LogP contribution in [0.4, 0.5) is 0 Å². The van der Waals surface area contributed by atoms with Crippen molar-refractivity contribution in [2.24, 2.45) is 0 Å². The largest absolute Gasteiger partial charge is 0.492 e. The first kappa shape index (κ1) is 10.1. The van der Waals surface area contributed by atoms with Crippen LogP contribution in [0.5, 0.6) is 5.75 Å². The van der Waals surface area contributed by atoms with Crippen LogP contribution in [0.25, 0.3) is 11.0 Å². The van der Waals surface area contributed by atoms with Crippen molar-refractivity contribution < 1.29 is 9.15 Å². The van der Waals surface area contributed by atoms with Crippen molar-refractivity contribution in [3.63, 3.8) is 0 Å². The molecule has 2 aromatic rings. The zero-order chi connectivity index (χ0) is 10.7. The summed E-state index contributed by atoms with van der Waals surface area (Å²) in [4.78, 5) is 0. The van der Waals surface area contributed by atoms with E-state index in [0.29, 0.717) is 6.61 Å². The van der Waals surface area contributed by atoms with Crippen LogP contribution in [-0.2, 0) is 0 Å². The lowest BCUT2D eigenvalue weighted by Crippen LogP contribution is -2.15. The Balaban J connectivity index is 2.15. The van der Waals surface area contributed by atoms with Gasteiger partial charge in [-0.2, -0.15) is 0 Å². The monoisotopic (exact) mass is 205 g/mol. The van der Waals surface area contributed by atoms with Crippen molar-refractivity contribution in [3.8, 4) is 5.75 Å². The highest BCUT2D eigenvalue weighted by Gasteiger charge is 2.01. The number of aryl methyl sites for hydroxylation is 1. The first-order chi connectivity index (χ1) is 7.29. The molecular formula is C12H15NO2. The highest BCUT2D eigenvalue weighted by Crippen LogP contribution is 2.23. The minimum Gasteiger partial charge on any atom is -0.492 e. The molecule has 0 aliphatic rings. The Labute approximate surface area is 89.0 Å². The molecule has 1 aromatic carbocycles. The summed E-state index contributed by atoms with van der Waals surface area (Å²) in [6, 6.07) is 7.89. The van der Waals surface area contributed by atoms with Crippen molar-refractivity contribution in [1.29, 1.82) is 0 Å². The molecule has 15 heavy (non-hydrogen) atoms. The average molecular weight is 205 g/mol. The van der Waals surface area contributed by atoms with E-state index >= 15 is 0 Å². The summed E-state index contributed by atoms with van der Waals surface area (Å²) in [6.45, 7) is 3.48. The highest BCUT2D eigenvalue weighted by molar-refractivity contribution is 5.79. The SMILES string of the molecule is CNCCOc1ccc2oc(C)cc2c1. The summed E-state index contributed by atoms with van der Waals surface area (Å²) in [5, 5.41) is 4.13. The Hall–Kier alpha value is -1.48. The molecule has 0 radical (unpaired) electrons. The first-order valence-electron chi connectivity index (χ1n) is 5.07. The van der Waals surface area contributed by atoms with Crippen LogP contribution in [0.3, 0.4) is 0 Å². The standard InChI is InChI=1S/C12H15NO2/c1-9-7-10-8-11(14-6-5-13-2)3-4-12(10)15-9/h3-4,7-8,13H,5-6H2,1-2H3. The van der Waals surface area contributed by atoms with Gasteiger partial charge >= 0.3 is 0 Å². The summed E-state index contributed by atoms with van der Waals surface area (Å²) >= 11 is 0. The fraction of sp³-hybridized carbons (Fsp3) is 0.333. The van der Waals surface area contributed by atoms with Gasteiger partial charge in [-0.25, -0.2) is 0 Å². The van der Waals surface area contributed by atoms with Gasteiger partial charge < -0.3 is 14.5 Å². The van der Waals surface area contributed by atoms with Crippen molar-refractivity contribution >= 4 is 11.0 Å². The number of furan rings is 1. The van der Waals surface area contributed by atoms with E-state index in [-0.39, 0.29) is 0 Å². The van der Waals surface area contributed by atoms with Crippen LogP contribution in [0.2, 0.25) is 0 Å². The summed E-state index contributed by atoms with van der Waals surface area (Å²) in [5.74, 6) is 1.82. The maximum absolute atomic E-state index is 5.56. The molecule has 2 rings (SSSR count). The first-order valence-corrected chi connectivity index (χ1v) is 5.07. The van der Waals surface area contributed by atoms with E-state index in [1.807, 2.05) is 38.2 Å². The molecule has 0 fully saturated rings. The van der Waals surface area contributed by atoms with Gasteiger partial charge in [-0.1, -0.05) is 0 Å². The number of hydrogen-bond donors (Lipinski definition) is 1. The third-order valence-corrected chi connectivity index (χ3v) is 2.23. The van der Waals surface area contributed by atoms with Gasteiger partial charge in [0.1, 0.15) is 23.7 Å². The van der Waals surface area contributed by atoms with Gasteiger partial charge in [0.25, 0.3) is 0 Å². The molecule has 1 aromatic heterocycles. The lowest BCUT2D eigenvalue weighted by Gasteiger charge is -2.04. The summed E-state index contributed by atoms with van der Waals surface area (Å²) in [5.41, 5.74) is 0.911. The predicted octanol–water partition coefficient (Wildman–Crippen LogP) is 2.34. The van der Waals surface area contributed by atoms with Gasteiger partial charge in [-0.3, -0.25) is 0 Å². The zero-order valence-corrected chi connectivity index (χ0v) is 9.04. The van der Waals surface area contributed by atoms with E-state index < -0.39 is 0 Å². The van der Waals surface area contributed by atoms with Crippen LogP contribution >= 0.6 is 0 Å². The third-order valence-electron chi connectivity index (χ3n) is 2.23. The maximum Gasteiger partial charge on any atom is 0.134 e. The van der Waals surface area contributed by atoms with Gasteiger partial charge in [0.15, 0.2) is 0 Å². The molecule has 0 atom stereocenters. The summed E-state index contributed by atoms with van der Waals surface area (Å²) < 4.78 is 11.0. The predicted molar refractivity (Wildman–Crippen MR) is 60.4 cm³/mol. The van der Waals surface area contributed by atoms with Crippen molar-refractivity contribution in [3.05, 3.63) is 30.0 Å². The number of hydrogen-bond acceptors (Lipinski definition) is 3. The Bertz CT molecular complexity index is 448. The van der Waals surface area contributed by atoms with Crippen LogP contribution in [0, 0.1) is 6.92 Å². The number of likely N-dealkylation sites (N-methyl/N-ethyl adjacent to an activating group) is 1. The van der Waals surface area contributed by atoms with Gasteiger partial charge in [-0.05, 0) is 38.2 Å². The van der Waals surface area contributed by atoms with Crippen LogP contribution < -0.4 is 10.1 Å². The summed E-state index contributed by atoms with van der Waals surface area (Å²) in [7, 11) is 1.91. The molecule has 1 heterocycles. The number of fused-ring (bicyclic) bond motifs is 1. The molecule has 3 nitrogen and oxygen atoms in total. The van der Waals surface area contributed by atoms with Crippen molar-refractivity contribution in [2.45, 2.75) is 6.92 Å². The van der Waals surface area contributed by atoms with Crippen LogP contribution in [0.1, 0.15) is 5.76 Å². The Kier molecular flexibility index (Phi) is 2.92. The zero-order valence-electron chi connectivity index (χ0n) is 9.04. The molecule has 0 amide bonds. The molecule has 80 valence electrons. The van der Waals surface area contributed by atoms with Gasteiger partial charge in [0.2, 0.25) is 0 Å². The van der Waals surface area contributed by atoms with E-state index in [1.54, 1.807) is 0 Å². The average Bonchev–Trinajstić information content (AvgIpc) is 2.57. The molecule has 0 unspecified atom stereocenters. The van der Waals surface area contributed by atoms with Gasteiger partial charge in [0.05, 0.1) is 0 Å². The van der Waals surface area contributed by atoms with Crippen LogP contribution in [-0.4, -0.2) is 20.2 Å². The molecule has 0 saturated heterocycles. The Morgan fingerprint density at radius 1 is 1.33 bits per heavy atom. The molecule has 1 N–H and O–H groups in total. The fourth-order valence-corrected chi connectivity index (χ4v) is 1.51. The second-order valence-corrected chi connectivity index (χ2v) is 3.51. The normalized spacial score (nSPS) is 10.8. The van der Waals surface area contributed by atoms with Crippen molar-refractivity contribution in [1.82, 2.24) is 5.32 Å². The molecule has 0 aliphatic heterocycles. The third kappa shape index (κ3) is 2.30. The molecule has 0 bridgehead atoms. The van der Waals surface area contributed by atoms with E-state index in [1.165, 1.54) is 0 Å². The van der Waals surface area contributed by atoms with Gasteiger partial charge in [-0.15, -0.1) is 0 Å². The topological polar surface area (TPSA) is 34.4 Å². The van der Waals surface area contributed by atoms with Crippen molar-refractivity contribution in [2.75, 3.05) is 20.2 Å². The lowest BCUT2D eigenvalue weighted by atomic mass is 10.2.